The number of ether oxygens (including phenoxy) is 1. The third kappa shape index (κ3) is 3.60. The number of hydrogen-bond acceptors (Lipinski definition) is 2. The molecule has 3 nitrogen and oxygen atoms in total. The molecule has 2 aliphatic heterocycles. The summed E-state index contributed by atoms with van der Waals surface area (Å²) < 4.78 is 5.98. The van der Waals surface area contributed by atoms with E-state index >= 15 is 0 Å². The average Bonchev–Trinajstić information content (AvgIpc) is 2.96. The van der Waals surface area contributed by atoms with Gasteiger partial charge >= 0.3 is 0 Å². The second-order valence-electron chi connectivity index (χ2n) is 7.72. The summed E-state index contributed by atoms with van der Waals surface area (Å²) in [6.45, 7) is 7.08. The standard InChI is InChI=1S/C21H31NO2/c1-3-4-5-7-12-21(2)16-24-19-15-17(10-11-18(19)21)20(23)22-13-8-6-9-14-22/h10-11,15H,3-9,12-14,16H2,1-2H3. The van der Waals surface area contributed by atoms with E-state index in [9.17, 15) is 4.79 Å². The third-order valence-corrected chi connectivity index (χ3v) is 5.65. The predicted molar refractivity (Wildman–Crippen MR) is 97.8 cm³/mol. The van der Waals surface area contributed by atoms with Gasteiger partial charge in [-0.3, -0.25) is 4.79 Å². The summed E-state index contributed by atoms with van der Waals surface area (Å²) >= 11 is 0. The molecule has 3 rings (SSSR count). The van der Waals surface area contributed by atoms with Gasteiger partial charge in [0.05, 0.1) is 6.61 Å². The van der Waals surface area contributed by atoms with Gasteiger partial charge in [0.25, 0.3) is 5.91 Å². The van der Waals surface area contributed by atoms with E-state index in [2.05, 4.69) is 19.9 Å². The Morgan fingerprint density at radius 3 is 2.71 bits per heavy atom. The number of carbonyl (C=O) groups excluding carboxylic acids is 1. The van der Waals surface area contributed by atoms with Crippen LogP contribution in [-0.2, 0) is 5.41 Å². The molecule has 1 unspecified atom stereocenters. The molecule has 0 radical (unpaired) electrons. The summed E-state index contributed by atoms with van der Waals surface area (Å²) in [7, 11) is 0. The van der Waals surface area contributed by atoms with E-state index in [0.717, 1.165) is 43.9 Å². The molecule has 2 heterocycles. The van der Waals surface area contributed by atoms with Crippen molar-refractivity contribution in [3.8, 4) is 5.75 Å². The van der Waals surface area contributed by atoms with Gasteiger partial charge in [-0.15, -0.1) is 0 Å². The number of piperidine rings is 1. The number of amides is 1. The first-order chi connectivity index (χ1) is 11.6. The van der Waals surface area contributed by atoms with Crippen molar-refractivity contribution in [2.45, 2.75) is 70.6 Å². The quantitative estimate of drug-likeness (QED) is 0.692. The molecule has 0 bridgehead atoms. The van der Waals surface area contributed by atoms with Gasteiger partial charge in [0.2, 0.25) is 0 Å². The number of rotatable bonds is 6. The Morgan fingerprint density at radius 1 is 1.17 bits per heavy atom. The molecular weight excluding hydrogens is 298 g/mol. The number of fused-ring (bicyclic) bond motifs is 1. The van der Waals surface area contributed by atoms with Crippen molar-refractivity contribution in [3.63, 3.8) is 0 Å². The summed E-state index contributed by atoms with van der Waals surface area (Å²) in [6, 6.07) is 6.12. The molecule has 1 aromatic rings. The minimum absolute atomic E-state index is 0.107. The van der Waals surface area contributed by atoms with Crippen LogP contribution in [0.5, 0.6) is 5.75 Å². The van der Waals surface area contributed by atoms with Crippen LogP contribution in [0.4, 0.5) is 0 Å². The summed E-state index contributed by atoms with van der Waals surface area (Å²) in [5, 5.41) is 0. The lowest BCUT2D eigenvalue weighted by molar-refractivity contribution is 0.0724. The van der Waals surface area contributed by atoms with Crippen molar-refractivity contribution in [1.82, 2.24) is 4.90 Å². The topological polar surface area (TPSA) is 29.5 Å². The molecule has 1 aromatic carbocycles. The Morgan fingerprint density at radius 2 is 1.96 bits per heavy atom. The molecule has 1 fully saturated rings. The minimum atomic E-state index is 0.107. The number of likely N-dealkylation sites (tertiary alicyclic amines) is 1. The number of hydrogen-bond donors (Lipinski definition) is 0. The van der Waals surface area contributed by atoms with E-state index in [4.69, 9.17) is 4.74 Å². The largest absolute Gasteiger partial charge is 0.492 e. The fourth-order valence-electron chi connectivity index (χ4n) is 4.02. The van der Waals surface area contributed by atoms with Crippen LogP contribution in [0, 0.1) is 0 Å². The number of benzene rings is 1. The van der Waals surface area contributed by atoms with Gasteiger partial charge in [0.1, 0.15) is 5.75 Å². The minimum Gasteiger partial charge on any atom is -0.492 e. The molecular formula is C21H31NO2. The smallest absolute Gasteiger partial charge is 0.253 e. The van der Waals surface area contributed by atoms with Gasteiger partial charge in [0.15, 0.2) is 0 Å². The molecule has 0 N–H and O–H groups in total. The summed E-state index contributed by atoms with van der Waals surface area (Å²) in [5.74, 6) is 1.09. The second-order valence-corrected chi connectivity index (χ2v) is 7.72. The van der Waals surface area contributed by atoms with E-state index in [1.54, 1.807) is 0 Å². The van der Waals surface area contributed by atoms with E-state index in [1.807, 2.05) is 17.0 Å². The van der Waals surface area contributed by atoms with Gasteiger partial charge in [-0.1, -0.05) is 45.6 Å². The van der Waals surface area contributed by atoms with Crippen LogP contribution in [0.25, 0.3) is 0 Å². The summed E-state index contributed by atoms with van der Waals surface area (Å²) in [5.41, 5.74) is 2.18. The van der Waals surface area contributed by atoms with Crippen LogP contribution < -0.4 is 4.74 Å². The maximum atomic E-state index is 12.7. The third-order valence-electron chi connectivity index (χ3n) is 5.65. The van der Waals surface area contributed by atoms with Crippen molar-refractivity contribution < 1.29 is 9.53 Å². The van der Waals surface area contributed by atoms with Crippen LogP contribution >= 0.6 is 0 Å². The highest BCUT2D eigenvalue weighted by Crippen LogP contribution is 2.42. The first-order valence-corrected chi connectivity index (χ1v) is 9.71. The molecule has 1 saturated heterocycles. The number of nitrogens with zero attached hydrogens (tertiary/aromatic N) is 1. The van der Waals surface area contributed by atoms with Gasteiger partial charge in [-0.25, -0.2) is 0 Å². The zero-order valence-electron chi connectivity index (χ0n) is 15.3. The summed E-state index contributed by atoms with van der Waals surface area (Å²) in [4.78, 5) is 14.7. The van der Waals surface area contributed by atoms with Gasteiger partial charge in [-0.2, -0.15) is 0 Å². The van der Waals surface area contributed by atoms with Gasteiger partial charge in [-0.05, 0) is 37.8 Å². The molecule has 0 aliphatic carbocycles. The SMILES string of the molecule is CCCCCCC1(C)COc2cc(C(=O)N3CCCCC3)ccc21. The van der Waals surface area contributed by atoms with E-state index in [1.165, 1.54) is 44.1 Å². The van der Waals surface area contributed by atoms with Crippen LogP contribution in [0.2, 0.25) is 0 Å². The predicted octanol–water partition coefficient (Wildman–Crippen LogP) is 4.93. The first-order valence-electron chi connectivity index (χ1n) is 9.71. The molecule has 0 spiro atoms. The highest BCUT2D eigenvalue weighted by molar-refractivity contribution is 5.95. The number of carbonyl (C=O) groups is 1. The van der Waals surface area contributed by atoms with Crippen LogP contribution in [0.1, 0.15) is 81.1 Å². The Labute approximate surface area is 146 Å². The lowest BCUT2D eigenvalue weighted by atomic mass is 9.79. The Kier molecular flexibility index (Phi) is 5.47. The maximum Gasteiger partial charge on any atom is 0.253 e. The highest BCUT2D eigenvalue weighted by Gasteiger charge is 2.36. The molecule has 24 heavy (non-hydrogen) atoms. The molecule has 132 valence electrons. The van der Waals surface area contributed by atoms with E-state index in [-0.39, 0.29) is 11.3 Å². The zero-order valence-corrected chi connectivity index (χ0v) is 15.3. The van der Waals surface area contributed by atoms with Crippen LogP contribution in [0.15, 0.2) is 18.2 Å². The fraction of sp³-hybridized carbons (Fsp3) is 0.667. The second kappa shape index (κ2) is 7.58. The molecule has 2 aliphatic rings. The van der Waals surface area contributed by atoms with Gasteiger partial charge in [0, 0.05) is 29.6 Å². The van der Waals surface area contributed by atoms with Crippen LogP contribution in [-0.4, -0.2) is 30.5 Å². The average molecular weight is 329 g/mol. The molecule has 0 saturated carbocycles. The van der Waals surface area contributed by atoms with Crippen molar-refractivity contribution in [3.05, 3.63) is 29.3 Å². The van der Waals surface area contributed by atoms with Crippen molar-refractivity contribution in [2.75, 3.05) is 19.7 Å². The first kappa shape index (κ1) is 17.3. The lowest BCUT2D eigenvalue weighted by Crippen LogP contribution is -2.35. The highest BCUT2D eigenvalue weighted by atomic mass is 16.5. The van der Waals surface area contributed by atoms with Gasteiger partial charge < -0.3 is 9.64 Å². The molecule has 1 atom stereocenters. The van der Waals surface area contributed by atoms with Crippen molar-refractivity contribution in [2.24, 2.45) is 0 Å². The maximum absolute atomic E-state index is 12.7. The Hall–Kier alpha value is -1.51. The summed E-state index contributed by atoms with van der Waals surface area (Å²) in [6.07, 6.45) is 9.80. The van der Waals surface area contributed by atoms with Crippen molar-refractivity contribution in [1.29, 1.82) is 0 Å². The van der Waals surface area contributed by atoms with Crippen LogP contribution in [0.3, 0.4) is 0 Å². The molecule has 0 aromatic heterocycles. The lowest BCUT2D eigenvalue weighted by Gasteiger charge is -2.27. The normalized spacial score (nSPS) is 23.0. The zero-order chi connectivity index (χ0) is 17.0. The molecule has 3 heteroatoms. The van der Waals surface area contributed by atoms with E-state index in [0.29, 0.717) is 0 Å². The Bertz CT molecular complexity index is 577. The Balaban J connectivity index is 1.69. The number of unbranched alkanes of at least 4 members (excludes halogenated alkanes) is 3. The fourth-order valence-corrected chi connectivity index (χ4v) is 4.02. The van der Waals surface area contributed by atoms with Crippen molar-refractivity contribution >= 4 is 5.91 Å². The monoisotopic (exact) mass is 329 g/mol. The molecule has 1 amide bonds. The van der Waals surface area contributed by atoms with E-state index < -0.39 is 0 Å².